The third kappa shape index (κ3) is 26.1. The number of nitrogens with one attached hydrogen (secondary N) is 5. The van der Waals surface area contributed by atoms with Gasteiger partial charge >= 0.3 is 0 Å². The van der Waals surface area contributed by atoms with Crippen molar-refractivity contribution in [3.8, 4) is 51.7 Å². The maximum atomic E-state index is 11.9. The summed E-state index contributed by atoms with van der Waals surface area (Å²) in [4.78, 5) is 59.3. The Morgan fingerprint density at radius 3 is 1.05 bits per heavy atom. The number of amides is 5. The molecule has 0 atom stereocenters. The first-order valence-electron chi connectivity index (χ1n) is 30.0. The van der Waals surface area contributed by atoms with Crippen LogP contribution < -0.4 is 36.6 Å². The first kappa shape index (κ1) is 78.5. The van der Waals surface area contributed by atoms with E-state index in [9.17, 15) is 49.5 Å². The molecule has 24 nitrogen and oxygen atoms in total. The lowest BCUT2D eigenvalue weighted by Gasteiger charge is -2.04. The van der Waals surface area contributed by atoms with Crippen LogP contribution in [-0.4, -0.2) is 111 Å². The van der Waals surface area contributed by atoms with Crippen molar-refractivity contribution in [2.75, 3.05) is 14.2 Å². The molecule has 10 aromatic rings. The Labute approximate surface area is 611 Å². The van der Waals surface area contributed by atoms with Gasteiger partial charge in [-0.25, -0.2) is 27.1 Å². The number of hydrogen-bond acceptors (Lipinski definition) is 19. The van der Waals surface area contributed by atoms with Gasteiger partial charge < -0.3 is 45.2 Å². The minimum atomic E-state index is -0.360. The van der Waals surface area contributed by atoms with E-state index in [1.54, 1.807) is 115 Å². The Balaban J connectivity index is 0.000000200. The molecule has 0 aromatic heterocycles. The quantitative estimate of drug-likeness (QED) is 0.0298. The molecule has 522 valence electrons. The number of nitrogens with zero attached hydrogens (tertiary/aromatic N) is 5. The lowest BCUT2D eigenvalue weighted by atomic mass is 10.1. The topological polar surface area (TPSA) is 367 Å². The number of aromatic hydroxyl groups is 7. The van der Waals surface area contributed by atoms with E-state index in [2.05, 4.69) is 100 Å². The van der Waals surface area contributed by atoms with Crippen molar-refractivity contribution in [3.05, 3.63) is 298 Å². The van der Waals surface area contributed by atoms with Crippen LogP contribution in [0, 0.1) is 20.8 Å². The molecule has 27 heteroatoms. The molecule has 0 bridgehead atoms. The molecule has 0 fully saturated rings. The number of hydrazone groups is 5. The number of halogens is 3. The molecule has 5 amide bonds. The largest absolute Gasteiger partial charge is 0.508 e. The summed E-state index contributed by atoms with van der Waals surface area (Å²) in [5.41, 5.74) is 19.9. The lowest BCUT2D eigenvalue weighted by molar-refractivity contribution is 0.0946. The first-order valence-corrected chi connectivity index (χ1v) is 32.4. The van der Waals surface area contributed by atoms with Gasteiger partial charge in [0.2, 0.25) is 0 Å². The van der Waals surface area contributed by atoms with E-state index in [1.165, 1.54) is 93.8 Å². The smallest absolute Gasteiger partial charge is 0.271 e. The van der Waals surface area contributed by atoms with E-state index in [-0.39, 0.29) is 69.8 Å². The van der Waals surface area contributed by atoms with Crippen molar-refractivity contribution < 1.29 is 69.2 Å². The molecule has 0 radical (unpaired) electrons. The SMILES string of the molecule is COc1ccc(/C=N/NC(=O)c2cccc(C)c2)c(O)c1.COc1ccc(/C=N/NC(=O)c2ccccc2C)c(O)c1.Cc1ccccc1C(=O)N/N=C/c1ccc(O)cc1O.O=C(N/N=C/c1ccc(O)c(Br)c1)c1cccc(Br)c1.O=C(N/N=C/c1ccc(O)cc1O)c1cccc(Br)c1. The van der Waals surface area contributed by atoms with E-state index >= 15 is 0 Å². The number of phenols is 7. The Morgan fingerprint density at radius 1 is 0.343 bits per heavy atom. The summed E-state index contributed by atoms with van der Waals surface area (Å²) < 4.78 is 12.2. The molecule has 0 spiro atoms. The number of phenolic OH excluding ortho intramolecular Hbond substituents is 7. The second-order valence-corrected chi connectivity index (χ2v) is 23.7. The summed E-state index contributed by atoms with van der Waals surface area (Å²) in [5.74, 6) is -0.571. The highest BCUT2D eigenvalue weighted by atomic mass is 79.9. The predicted octanol–water partition coefficient (Wildman–Crippen LogP) is 13.4. The highest BCUT2D eigenvalue weighted by molar-refractivity contribution is 9.11. The van der Waals surface area contributed by atoms with E-state index in [1.807, 2.05) is 69.3 Å². The molecule has 0 aliphatic carbocycles. The second-order valence-electron chi connectivity index (χ2n) is 21.1. The van der Waals surface area contributed by atoms with Crippen LogP contribution in [0.25, 0.3) is 0 Å². The average Bonchev–Trinajstić information content (AvgIpc) is 0.895. The van der Waals surface area contributed by atoms with Crippen molar-refractivity contribution in [1.29, 1.82) is 0 Å². The molecule has 0 aliphatic rings. The highest BCUT2D eigenvalue weighted by Gasteiger charge is 2.11. The molecule has 0 saturated carbocycles. The lowest BCUT2D eigenvalue weighted by Crippen LogP contribution is -2.18. The van der Waals surface area contributed by atoms with Gasteiger partial charge in [-0.05, 0) is 181 Å². The maximum Gasteiger partial charge on any atom is 0.271 e. The minimum Gasteiger partial charge on any atom is -0.508 e. The van der Waals surface area contributed by atoms with Gasteiger partial charge in [-0.1, -0.05) is 98.1 Å². The van der Waals surface area contributed by atoms with Crippen molar-refractivity contribution in [1.82, 2.24) is 27.1 Å². The minimum absolute atomic E-state index is 0.0305. The van der Waals surface area contributed by atoms with Crippen LogP contribution in [0.1, 0.15) is 96.3 Å². The zero-order valence-corrected chi connectivity index (χ0v) is 59.7. The summed E-state index contributed by atoms with van der Waals surface area (Å²) in [6.07, 6.45) is 6.86. The van der Waals surface area contributed by atoms with Crippen LogP contribution in [0.15, 0.2) is 251 Å². The number of ether oxygens (including phenoxy) is 2. The van der Waals surface area contributed by atoms with Crippen molar-refractivity contribution in [3.63, 3.8) is 0 Å². The van der Waals surface area contributed by atoms with Crippen LogP contribution in [0.3, 0.4) is 0 Å². The molecule has 10 aromatic carbocycles. The zero-order chi connectivity index (χ0) is 74.1. The molecule has 0 unspecified atom stereocenters. The Kier molecular flexibility index (Phi) is 31.1. The fourth-order valence-corrected chi connectivity index (χ4v) is 9.42. The van der Waals surface area contributed by atoms with Crippen LogP contribution in [0.4, 0.5) is 0 Å². The third-order valence-corrected chi connectivity index (χ3v) is 15.2. The second kappa shape index (κ2) is 40.4. The van der Waals surface area contributed by atoms with Crippen LogP contribution >= 0.6 is 47.8 Å². The Morgan fingerprint density at radius 2 is 0.696 bits per heavy atom. The van der Waals surface area contributed by atoms with Gasteiger partial charge in [0.25, 0.3) is 29.5 Å². The normalized spacial score (nSPS) is 10.6. The van der Waals surface area contributed by atoms with Gasteiger partial charge in [0.15, 0.2) is 0 Å². The monoisotopic (exact) mass is 1570 g/mol. The molecule has 10 rings (SSSR count). The fraction of sp³-hybridized carbons (Fsp3) is 0.0667. The van der Waals surface area contributed by atoms with Crippen molar-refractivity contribution in [2.24, 2.45) is 25.5 Å². The zero-order valence-electron chi connectivity index (χ0n) is 55.0. The van der Waals surface area contributed by atoms with Gasteiger partial charge in [-0.3, -0.25) is 24.0 Å². The molecule has 0 aliphatic heterocycles. The number of aryl methyl sites for hydroxylation is 3. The molecule has 12 N–H and O–H groups in total. The van der Waals surface area contributed by atoms with Crippen molar-refractivity contribution in [2.45, 2.75) is 20.8 Å². The summed E-state index contributed by atoms with van der Waals surface area (Å²) in [6, 6.07) is 58.3. The summed E-state index contributed by atoms with van der Waals surface area (Å²) >= 11 is 9.79. The van der Waals surface area contributed by atoms with Crippen LogP contribution in [-0.2, 0) is 0 Å². The van der Waals surface area contributed by atoms with Crippen molar-refractivity contribution >= 4 is 108 Å². The number of methoxy groups -OCH3 is 2. The number of hydrogen-bond donors (Lipinski definition) is 12. The van der Waals surface area contributed by atoms with Gasteiger partial charge in [0.1, 0.15) is 51.7 Å². The molecular formula is C75H67Br3N10O14. The molecule has 0 saturated heterocycles. The molecule has 102 heavy (non-hydrogen) atoms. The number of carbonyl (C=O) groups is 5. The Hall–Kier alpha value is -12.5. The molecule has 0 heterocycles. The number of carbonyl (C=O) groups excluding carboxylic acids is 5. The Bertz CT molecular complexity index is 4740. The van der Waals surface area contributed by atoms with Crippen LogP contribution in [0.2, 0.25) is 0 Å². The van der Waals surface area contributed by atoms with E-state index < -0.39 is 0 Å². The summed E-state index contributed by atoms with van der Waals surface area (Å²) in [6.45, 7) is 5.60. The highest BCUT2D eigenvalue weighted by Crippen LogP contribution is 2.26. The van der Waals surface area contributed by atoms with Gasteiger partial charge in [-0.15, -0.1) is 0 Å². The van der Waals surface area contributed by atoms with Gasteiger partial charge in [-0.2, -0.15) is 25.5 Å². The standard InChI is InChI=1S/2C16H16N2O3.C15H14N2O3.C14H10Br2N2O2.C14H11BrN2O3/c1-11-4-3-5-12(8-11)16(20)18-17-10-13-6-7-14(21-2)9-15(13)19;1-11-5-3-4-6-14(11)16(20)18-17-10-12-7-8-13(21-2)9-15(12)19;1-10-4-2-3-5-13(10)15(20)17-16-9-11-6-7-12(18)8-14(11)19;15-11-3-1-2-10(7-11)14(20)18-17-8-9-4-5-13(19)12(16)6-9;15-11-3-1-2-9(6-11)14(20)17-16-8-10-4-5-12(18)7-13(10)19/h2*3-10,19H,1-2H3,(H,18,20);2-9,18-19H,1H3,(H,17,20);1-8,19H,(H,18,20);1-8,18-19H,(H,17,20)/b2*17-10+;16-9+;17-8+;16-8+. The van der Waals surface area contributed by atoms with E-state index in [0.29, 0.717) is 66.0 Å². The number of rotatable bonds is 17. The van der Waals surface area contributed by atoms with E-state index in [4.69, 9.17) is 19.7 Å². The van der Waals surface area contributed by atoms with Crippen LogP contribution in [0.5, 0.6) is 51.7 Å². The predicted molar refractivity (Wildman–Crippen MR) is 402 cm³/mol. The fourth-order valence-electron chi connectivity index (χ4n) is 8.23. The average molecular weight is 1570 g/mol. The van der Waals surface area contributed by atoms with Gasteiger partial charge in [0.05, 0.1) is 49.8 Å². The van der Waals surface area contributed by atoms with Gasteiger partial charge in [0, 0.05) is 83.3 Å². The summed E-state index contributed by atoms with van der Waals surface area (Å²) in [5, 5.41) is 85.4. The molecular weight excluding hydrogens is 1500 g/mol. The number of benzene rings is 10. The maximum absolute atomic E-state index is 11.9. The summed E-state index contributed by atoms with van der Waals surface area (Å²) in [7, 11) is 3.04. The third-order valence-electron chi connectivity index (χ3n) is 13.6. The van der Waals surface area contributed by atoms with E-state index in [0.717, 1.165) is 31.2 Å². The first-order chi connectivity index (χ1) is 48.9.